The monoisotopic (exact) mass is 365 g/mol. The van der Waals surface area contributed by atoms with Crippen molar-refractivity contribution in [3.05, 3.63) is 59.2 Å². The zero-order chi connectivity index (χ0) is 19.0. The number of hydrogen-bond acceptors (Lipinski definition) is 4. The molecule has 0 atom stereocenters. The van der Waals surface area contributed by atoms with Crippen LogP contribution < -0.4 is 5.32 Å². The van der Waals surface area contributed by atoms with Crippen molar-refractivity contribution in [1.82, 2.24) is 15.5 Å². The van der Waals surface area contributed by atoms with Crippen LogP contribution in [0, 0.1) is 12.7 Å². The van der Waals surface area contributed by atoms with Gasteiger partial charge in [0.15, 0.2) is 0 Å². The highest BCUT2D eigenvalue weighted by atomic mass is 19.1. The van der Waals surface area contributed by atoms with E-state index in [1.807, 2.05) is 31.2 Å². The van der Waals surface area contributed by atoms with Crippen LogP contribution in [-0.4, -0.2) is 22.1 Å². The maximum Gasteiger partial charge on any atom is 0.251 e. The first-order valence-electron chi connectivity index (χ1n) is 9.09. The van der Waals surface area contributed by atoms with Crippen molar-refractivity contribution in [3.63, 3.8) is 0 Å². The summed E-state index contributed by atoms with van der Waals surface area (Å²) in [5.41, 5.74) is 3.17. The number of aromatic nitrogens is 2. The quantitative estimate of drug-likeness (QED) is 0.732. The molecular weight excluding hydrogens is 345 g/mol. The van der Waals surface area contributed by atoms with E-state index in [1.165, 1.54) is 6.07 Å². The van der Waals surface area contributed by atoms with Crippen LogP contribution in [0.15, 0.2) is 40.8 Å². The van der Waals surface area contributed by atoms with Gasteiger partial charge >= 0.3 is 0 Å². The lowest BCUT2D eigenvalue weighted by molar-refractivity contribution is 0.0950. The summed E-state index contributed by atoms with van der Waals surface area (Å²) in [6, 6.07) is 10.7. The number of halogens is 1. The van der Waals surface area contributed by atoms with Crippen LogP contribution in [0.25, 0.3) is 22.6 Å². The molecule has 4 rings (SSSR count). The summed E-state index contributed by atoms with van der Waals surface area (Å²) in [5.74, 6) is 0.425. The molecule has 1 heterocycles. The summed E-state index contributed by atoms with van der Waals surface area (Å²) >= 11 is 0. The normalized spacial score (nSPS) is 13.6. The SMILES string of the molecule is CCc1nnc(-c2ccc(-c3cc(C(=O)NC4CC4)cc(F)c3C)cc2)o1. The first kappa shape index (κ1) is 17.4. The van der Waals surface area contributed by atoms with Crippen LogP contribution in [-0.2, 0) is 6.42 Å². The smallest absolute Gasteiger partial charge is 0.251 e. The van der Waals surface area contributed by atoms with Crippen LogP contribution in [0.2, 0.25) is 0 Å². The molecule has 1 aliphatic rings. The molecule has 1 saturated carbocycles. The van der Waals surface area contributed by atoms with Crippen LogP contribution in [0.1, 0.15) is 41.6 Å². The zero-order valence-electron chi connectivity index (χ0n) is 15.3. The average molecular weight is 365 g/mol. The third-order valence-corrected chi connectivity index (χ3v) is 4.73. The lowest BCUT2D eigenvalue weighted by atomic mass is 9.96. The lowest BCUT2D eigenvalue weighted by Crippen LogP contribution is -2.25. The Balaban J connectivity index is 1.65. The number of aryl methyl sites for hydroxylation is 1. The molecule has 138 valence electrons. The molecule has 0 unspecified atom stereocenters. The predicted octanol–water partition coefficient (Wildman–Crippen LogP) is 4.31. The van der Waals surface area contributed by atoms with Gasteiger partial charge in [0.2, 0.25) is 11.8 Å². The second-order valence-corrected chi connectivity index (χ2v) is 6.81. The third-order valence-electron chi connectivity index (χ3n) is 4.73. The van der Waals surface area contributed by atoms with Gasteiger partial charge in [0.25, 0.3) is 5.91 Å². The summed E-state index contributed by atoms with van der Waals surface area (Å²) in [6.07, 6.45) is 2.66. The molecule has 0 bridgehead atoms. The van der Waals surface area contributed by atoms with Crippen LogP contribution >= 0.6 is 0 Å². The summed E-state index contributed by atoms with van der Waals surface area (Å²) in [6.45, 7) is 3.66. The van der Waals surface area contributed by atoms with E-state index in [4.69, 9.17) is 4.42 Å². The van der Waals surface area contributed by atoms with Gasteiger partial charge in [-0.25, -0.2) is 4.39 Å². The number of nitrogens with one attached hydrogen (secondary N) is 1. The van der Waals surface area contributed by atoms with Gasteiger partial charge in [0.05, 0.1) is 0 Å². The van der Waals surface area contributed by atoms with Gasteiger partial charge in [-0.15, -0.1) is 10.2 Å². The Hall–Kier alpha value is -3.02. The van der Waals surface area contributed by atoms with Crippen molar-refractivity contribution < 1.29 is 13.6 Å². The van der Waals surface area contributed by atoms with Crippen LogP contribution in [0.3, 0.4) is 0 Å². The summed E-state index contributed by atoms with van der Waals surface area (Å²) < 4.78 is 20.0. The number of benzene rings is 2. The van der Waals surface area contributed by atoms with Gasteiger partial charge in [0, 0.05) is 23.6 Å². The molecule has 0 spiro atoms. The minimum Gasteiger partial charge on any atom is -0.421 e. The Kier molecular flexibility index (Phi) is 4.48. The largest absolute Gasteiger partial charge is 0.421 e. The first-order chi connectivity index (χ1) is 13.0. The van der Waals surface area contributed by atoms with E-state index >= 15 is 0 Å². The molecule has 0 radical (unpaired) electrons. The summed E-state index contributed by atoms with van der Waals surface area (Å²) in [5, 5.41) is 10.9. The van der Waals surface area contributed by atoms with E-state index in [-0.39, 0.29) is 17.8 Å². The fourth-order valence-electron chi connectivity index (χ4n) is 2.91. The predicted molar refractivity (Wildman–Crippen MR) is 99.7 cm³/mol. The van der Waals surface area contributed by atoms with Gasteiger partial charge in [-0.1, -0.05) is 19.1 Å². The highest BCUT2D eigenvalue weighted by Crippen LogP contribution is 2.29. The number of nitrogens with zero attached hydrogens (tertiary/aromatic N) is 2. The number of carbonyl (C=O) groups excluding carboxylic acids is 1. The number of rotatable bonds is 5. The minimum atomic E-state index is -0.387. The van der Waals surface area contributed by atoms with E-state index in [9.17, 15) is 9.18 Å². The van der Waals surface area contributed by atoms with Crippen molar-refractivity contribution in [2.45, 2.75) is 39.2 Å². The van der Waals surface area contributed by atoms with Gasteiger partial charge < -0.3 is 9.73 Å². The third kappa shape index (κ3) is 3.60. The molecular formula is C21H20FN3O2. The van der Waals surface area contributed by atoms with Crippen molar-refractivity contribution in [1.29, 1.82) is 0 Å². The molecule has 0 aliphatic heterocycles. The molecule has 1 N–H and O–H groups in total. The van der Waals surface area contributed by atoms with E-state index < -0.39 is 0 Å². The van der Waals surface area contributed by atoms with Crippen LogP contribution in [0.4, 0.5) is 4.39 Å². The molecule has 0 saturated heterocycles. The van der Waals surface area contributed by atoms with E-state index in [0.29, 0.717) is 34.9 Å². The Morgan fingerprint density at radius 3 is 2.52 bits per heavy atom. The minimum absolute atomic E-state index is 0.229. The summed E-state index contributed by atoms with van der Waals surface area (Å²) in [4.78, 5) is 12.3. The molecule has 3 aromatic rings. The fraction of sp³-hybridized carbons (Fsp3) is 0.286. The lowest BCUT2D eigenvalue weighted by Gasteiger charge is -2.11. The van der Waals surface area contributed by atoms with E-state index in [0.717, 1.165) is 24.0 Å². The second kappa shape index (κ2) is 6.95. The van der Waals surface area contributed by atoms with E-state index in [2.05, 4.69) is 15.5 Å². The molecule has 1 aromatic heterocycles. The Morgan fingerprint density at radius 2 is 1.89 bits per heavy atom. The van der Waals surface area contributed by atoms with E-state index in [1.54, 1.807) is 13.0 Å². The number of amides is 1. The number of hydrogen-bond donors (Lipinski definition) is 1. The Labute approximate surface area is 156 Å². The average Bonchev–Trinajstić information content (AvgIpc) is 3.36. The molecule has 27 heavy (non-hydrogen) atoms. The Bertz CT molecular complexity index is 991. The topological polar surface area (TPSA) is 68.0 Å². The molecule has 1 amide bonds. The fourth-order valence-corrected chi connectivity index (χ4v) is 2.91. The molecule has 6 heteroatoms. The number of carbonyl (C=O) groups is 1. The standard InChI is InChI=1S/C21H20FN3O2/c1-3-19-24-25-21(27-19)14-6-4-13(5-7-14)17-10-15(11-18(22)12(17)2)20(26)23-16-8-9-16/h4-7,10-11,16H,3,8-9H2,1-2H3,(H,23,26). The molecule has 1 aliphatic carbocycles. The maximum atomic E-state index is 14.4. The summed E-state index contributed by atoms with van der Waals surface area (Å²) in [7, 11) is 0. The van der Waals surface area contributed by atoms with Crippen molar-refractivity contribution in [3.8, 4) is 22.6 Å². The molecule has 2 aromatic carbocycles. The van der Waals surface area contributed by atoms with Gasteiger partial charge in [-0.3, -0.25) is 4.79 Å². The van der Waals surface area contributed by atoms with Gasteiger partial charge in [-0.05, 0) is 60.7 Å². The van der Waals surface area contributed by atoms with Crippen molar-refractivity contribution >= 4 is 5.91 Å². The van der Waals surface area contributed by atoms with Gasteiger partial charge in [0.1, 0.15) is 5.82 Å². The highest BCUT2D eigenvalue weighted by molar-refractivity contribution is 5.96. The molecule has 1 fully saturated rings. The maximum absolute atomic E-state index is 14.4. The highest BCUT2D eigenvalue weighted by Gasteiger charge is 2.24. The zero-order valence-corrected chi connectivity index (χ0v) is 15.3. The molecule has 5 nitrogen and oxygen atoms in total. The van der Waals surface area contributed by atoms with Crippen molar-refractivity contribution in [2.24, 2.45) is 0 Å². The van der Waals surface area contributed by atoms with Gasteiger partial charge in [-0.2, -0.15) is 0 Å². The van der Waals surface area contributed by atoms with Crippen molar-refractivity contribution in [2.75, 3.05) is 0 Å². The van der Waals surface area contributed by atoms with Crippen LogP contribution in [0.5, 0.6) is 0 Å². The first-order valence-corrected chi connectivity index (χ1v) is 9.09. The Morgan fingerprint density at radius 1 is 1.19 bits per heavy atom. The second-order valence-electron chi connectivity index (χ2n) is 6.81.